The third kappa shape index (κ3) is 5.61. The molecule has 0 aliphatic heterocycles. The van der Waals surface area contributed by atoms with E-state index in [1.54, 1.807) is 19.0 Å². The summed E-state index contributed by atoms with van der Waals surface area (Å²) in [5.74, 6) is 0.544. The van der Waals surface area contributed by atoms with Crippen LogP contribution in [0.5, 0.6) is 0 Å². The molecular weight excluding hydrogens is 352 g/mol. The van der Waals surface area contributed by atoms with Crippen LogP contribution in [0.2, 0.25) is 5.02 Å². The summed E-state index contributed by atoms with van der Waals surface area (Å²) in [4.78, 5) is 13.9. The first-order chi connectivity index (χ1) is 9.72. The lowest BCUT2D eigenvalue weighted by molar-refractivity contribution is -0.131. The Balaban J connectivity index is 2.89. The van der Waals surface area contributed by atoms with E-state index in [0.29, 0.717) is 10.9 Å². The largest absolute Gasteiger partial charge is 0.347 e. The summed E-state index contributed by atoms with van der Waals surface area (Å²) < 4.78 is 0.951. The molecule has 0 radical (unpaired) electrons. The van der Waals surface area contributed by atoms with E-state index in [-0.39, 0.29) is 18.0 Å². The van der Waals surface area contributed by atoms with E-state index < -0.39 is 0 Å². The Morgan fingerprint density at radius 2 is 1.95 bits per heavy atom. The minimum absolute atomic E-state index is 0.0123. The van der Waals surface area contributed by atoms with Crippen molar-refractivity contribution in [3.05, 3.63) is 33.3 Å². The average Bonchev–Trinajstić information content (AvgIpc) is 2.36. The van der Waals surface area contributed by atoms with Gasteiger partial charge in [0.05, 0.1) is 6.04 Å². The number of nitrogens with one attached hydrogen (secondary N) is 1. The van der Waals surface area contributed by atoms with E-state index in [0.717, 1.165) is 16.5 Å². The molecule has 21 heavy (non-hydrogen) atoms. The first-order valence-corrected chi connectivity index (χ1v) is 8.31. The second-order valence-electron chi connectivity index (χ2n) is 5.97. The van der Waals surface area contributed by atoms with Crippen molar-refractivity contribution in [3.8, 4) is 0 Å². The van der Waals surface area contributed by atoms with Crippen molar-refractivity contribution in [2.24, 2.45) is 5.92 Å². The maximum Gasteiger partial charge on any atom is 0.239 e. The number of halogens is 2. The second-order valence-corrected chi connectivity index (χ2v) is 7.29. The number of hydrogen-bond acceptors (Lipinski definition) is 2. The van der Waals surface area contributed by atoms with Gasteiger partial charge in [-0.1, -0.05) is 47.4 Å². The maximum absolute atomic E-state index is 12.3. The van der Waals surface area contributed by atoms with Crippen LogP contribution in [-0.2, 0) is 4.79 Å². The average molecular weight is 376 g/mol. The first-order valence-electron chi connectivity index (χ1n) is 7.14. The van der Waals surface area contributed by atoms with Gasteiger partial charge in [0.2, 0.25) is 5.91 Å². The zero-order valence-corrected chi connectivity index (χ0v) is 15.6. The molecular formula is C16H24BrClN2O. The fourth-order valence-electron chi connectivity index (χ4n) is 2.27. The Morgan fingerprint density at radius 3 is 2.43 bits per heavy atom. The van der Waals surface area contributed by atoms with Crippen molar-refractivity contribution in [2.45, 2.75) is 39.3 Å². The highest BCUT2D eigenvalue weighted by Crippen LogP contribution is 2.27. The highest BCUT2D eigenvalue weighted by molar-refractivity contribution is 9.10. The van der Waals surface area contributed by atoms with Crippen molar-refractivity contribution in [1.82, 2.24) is 10.2 Å². The number of amides is 1. The Bertz CT molecular complexity index is 491. The Morgan fingerprint density at radius 1 is 1.33 bits per heavy atom. The summed E-state index contributed by atoms with van der Waals surface area (Å²) in [6.07, 6.45) is 0.801. The lowest BCUT2D eigenvalue weighted by atomic mass is 10.00. The van der Waals surface area contributed by atoms with E-state index in [9.17, 15) is 4.79 Å². The smallest absolute Gasteiger partial charge is 0.239 e. The molecule has 1 aromatic rings. The summed E-state index contributed by atoms with van der Waals surface area (Å²) in [5, 5.41) is 4.11. The van der Waals surface area contributed by atoms with Gasteiger partial charge >= 0.3 is 0 Å². The topological polar surface area (TPSA) is 32.3 Å². The molecule has 1 rings (SSSR count). The van der Waals surface area contributed by atoms with Gasteiger partial charge < -0.3 is 4.90 Å². The van der Waals surface area contributed by atoms with Crippen molar-refractivity contribution >= 4 is 33.4 Å². The molecule has 118 valence electrons. The molecule has 0 bridgehead atoms. The minimum atomic E-state index is -0.199. The molecule has 0 aliphatic rings. The molecule has 2 atom stereocenters. The zero-order valence-electron chi connectivity index (χ0n) is 13.3. The number of rotatable bonds is 6. The molecule has 1 amide bonds. The highest BCUT2D eigenvalue weighted by Gasteiger charge is 2.24. The van der Waals surface area contributed by atoms with Crippen LogP contribution in [0.15, 0.2) is 22.7 Å². The number of nitrogens with zero attached hydrogens (tertiary/aromatic N) is 1. The van der Waals surface area contributed by atoms with Gasteiger partial charge in [-0.25, -0.2) is 0 Å². The van der Waals surface area contributed by atoms with Gasteiger partial charge in [0.15, 0.2) is 0 Å². The molecule has 1 aromatic carbocycles. The van der Waals surface area contributed by atoms with E-state index in [2.05, 4.69) is 35.1 Å². The molecule has 3 nitrogen and oxygen atoms in total. The molecule has 0 fully saturated rings. The van der Waals surface area contributed by atoms with Crippen LogP contribution in [-0.4, -0.2) is 30.9 Å². The molecule has 5 heteroatoms. The van der Waals surface area contributed by atoms with Gasteiger partial charge in [-0.05, 0) is 37.0 Å². The quantitative estimate of drug-likeness (QED) is 0.806. The SMILES string of the molecule is CC(C)CC(NC(C)c1ccc(Br)cc1Cl)C(=O)N(C)C. The molecule has 0 spiro atoms. The number of carbonyl (C=O) groups excluding carboxylic acids is 1. The number of likely N-dealkylation sites (N-methyl/N-ethyl adjacent to an activating group) is 1. The van der Waals surface area contributed by atoms with Crippen LogP contribution < -0.4 is 5.32 Å². The monoisotopic (exact) mass is 374 g/mol. The van der Waals surface area contributed by atoms with Gasteiger partial charge in [-0.2, -0.15) is 0 Å². The van der Waals surface area contributed by atoms with E-state index >= 15 is 0 Å². The van der Waals surface area contributed by atoms with Gasteiger partial charge in [0.1, 0.15) is 0 Å². The summed E-state index contributed by atoms with van der Waals surface area (Å²) in [6.45, 7) is 6.27. The lowest BCUT2D eigenvalue weighted by Crippen LogP contribution is -2.45. The van der Waals surface area contributed by atoms with Crippen molar-refractivity contribution in [1.29, 1.82) is 0 Å². The van der Waals surface area contributed by atoms with Crippen LogP contribution in [0.3, 0.4) is 0 Å². The molecule has 0 saturated carbocycles. The molecule has 0 heterocycles. The van der Waals surface area contributed by atoms with E-state index in [1.807, 2.05) is 25.1 Å². The second kappa shape index (κ2) is 8.16. The zero-order chi connectivity index (χ0) is 16.2. The molecule has 1 N–H and O–H groups in total. The fourth-order valence-corrected chi connectivity index (χ4v) is 3.10. The van der Waals surface area contributed by atoms with Crippen LogP contribution in [0.1, 0.15) is 38.8 Å². The molecule has 2 unspecified atom stereocenters. The van der Waals surface area contributed by atoms with E-state index in [1.165, 1.54) is 0 Å². The Labute approximate surface area is 141 Å². The van der Waals surface area contributed by atoms with Gasteiger partial charge in [-0.3, -0.25) is 10.1 Å². The highest BCUT2D eigenvalue weighted by atomic mass is 79.9. The molecule has 0 aromatic heterocycles. The fraction of sp³-hybridized carbons (Fsp3) is 0.562. The van der Waals surface area contributed by atoms with Gasteiger partial charge in [0.25, 0.3) is 0 Å². The Kier molecular flexibility index (Phi) is 7.17. The number of hydrogen-bond donors (Lipinski definition) is 1. The molecule has 0 saturated heterocycles. The van der Waals surface area contributed by atoms with Crippen molar-refractivity contribution in [2.75, 3.05) is 14.1 Å². The predicted octanol–water partition coefficient (Wildman–Crippen LogP) is 4.26. The van der Waals surface area contributed by atoms with Gasteiger partial charge in [0, 0.05) is 29.6 Å². The third-order valence-corrected chi connectivity index (χ3v) is 4.15. The maximum atomic E-state index is 12.3. The van der Waals surface area contributed by atoms with E-state index in [4.69, 9.17) is 11.6 Å². The van der Waals surface area contributed by atoms with Crippen molar-refractivity contribution in [3.63, 3.8) is 0 Å². The van der Waals surface area contributed by atoms with Gasteiger partial charge in [-0.15, -0.1) is 0 Å². The summed E-state index contributed by atoms with van der Waals surface area (Å²) >= 11 is 9.70. The first kappa shape index (κ1) is 18.5. The Hall–Kier alpha value is -0.580. The summed E-state index contributed by atoms with van der Waals surface area (Å²) in [7, 11) is 3.57. The standard InChI is InChI=1S/C16H24BrClN2O/c1-10(2)8-15(16(21)20(4)5)19-11(3)13-7-6-12(17)9-14(13)18/h6-7,9-11,15,19H,8H2,1-5H3. The van der Waals surface area contributed by atoms with Crippen molar-refractivity contribution < 1.29 is 4.79 Å². The lowest BCUT2D eigenvalue weighted by Gasteiger charge is -2.27. The predicted molar refractivity (Wildman–Crippen MR) is 92.6 cm³/mol. The van der Waals surface area contributed by atoms with Crippen LogP contribution >= 0.6 is 27.5 Å². The van der Waals surface area contributed by atoms with Crippen LogP contribution in [0.25, 0.3) is 0 Å². The number of carbonyl (C=O) groups is 1. The van der Waals surface area contributed by atoms with Crippen LogP contribution in [0, 0.1) is 5.92 Å². The summed E-state index contributed by atoms with van der Waals surface area (Å²) in [6, 6.07) is 5.63. The van der Waals surface area contributed by atoms with Crippen LogP contribution in [0.4, 0.5) is 0 Å². The summed E-state index contributed by atoms with van der Waals surface area (Å²) in [5.41, 5.74) is 1.00. The molecule has 0 aliphatic carbocycles. The number of benzene rings is 1. The third-order valence-electron chi connectivity index (χ3n) is 3.33. The minimum Gasteiger partial charge on any atom is -0.347 e. The normalized spacial score (nSPS) is 14.1.